The van der Waals surface area contributed by atoms with Gasteiger partial charge < -0.3 is 24.7 Å². The van der Waals surface area contributed by atoms with Crippen molar-refractivity contribution in [2.75, 3.05) is 33.2 Å². The van der Waals surface area contributed by atoms with Crippen LogP contribution in [0.2, 0.25) is 0 Å². The molecular formula is C22H30FIN4O3. The summed E-state index contributed by atoms with van der Waals surface area (Å²) in [6, 6.07) is 8.19. The van der Waals surface area contributed by atoms with E-state index in [0.717, 1.165) is 23.5 Å². The SMILES string of the molecule is CN=C(NCCCNC(=O)c1occc1C)N1CC(C)OC(c2ccc(F)cc2)C1.I. The monoisotopic (exact) mass is 544 g/mol. The van der Waals surface area contributed by atoms with Crippen molar-refractivity contribution in [2.45, 2.75) is 32.5 Å². The van der Waals surface area contributed by atoms with Gasteiger partial charge in [-0.05, 0) is 44.0 Å². The number of carbonyl (C=O) groups excluding carboxylic acids is 1. The number of nitrogens with zero attached hydrogens (tertiary/aromatic N) is 2. The highest BCUT2D eigenvalue weighted by Gasteiger charge is 2.28. The molecule has 1 aromatic carbocycles. The molecular weight excluding hydrogens is 514 g/mol. The molecule has 0 spiro atoms. The van der Waals surface area contributed by atoms with Crippen LogP contribution >= 0.6 is 24.0 Å². The third kappa shape index (κ3) is 6.93. The average molecular weight is 544 g/mol. The number of ether oxygens (including phenoxy) is 1. The molecule has 0 saturated carbocycles. The van der Waals surface area contributed by atoms with E-state index in [1.165, 1.54) is 18.4 Å². The van der Waals surface area contributed by atoms with E-state index in [1.807, 2.05) is 13.8 Å². The van der Waals surface area contributed by atoms with Gasteiger partial charge in [0.2, 0.25) is 0 Å². The predicted molar refractivity (Wildman–Crippen MR) is 128 cm³/mol. The smallest absolute Gasteiger partial charge is 0.287 e. The Bertz CT molecular complexity index is 872. The van der Waals surface area contributed by atoms with E-state index >= 15 is 0 Å². The van der Waals surface area contributed by atoms with Crippen LogP contribution in [0.4, 0.5) is 4.39 Å². The summed E-state index contributed by atoms with van der Waals surface area (Å²) in [4.78, 5) is 18.6. The van der Waals surface area contributed by atoms with Crippen molar-refractivity contribution in [3.8, 4) is 0 Å². The molecule has 170 valence electrons. The summed E-state index contributed by atoms with van der Waals surface area (Å²) in [6.45, 7) is 6.39. The van der Waals surface area contributed by atoms with Crippen molar-refractivity contribution >= 4 is 35.8 Å². The molecule has 2 N–H and O–H groups in total. The summed E-state index contributed by atoms with van der Waals surface area (Å²) in [5.74, 6) is 0.677. The molecule has 0 radical (unpaired) electrons. The molecule has 1 aliphatic rings. The van der Waals surface area contributed by atoms with E-state index in [2.05, 4.69) is 20.5 Å². The minimum atomic E-state index is -0.258. The molecule has 7 nitrogen and oxygen atoms in total. The lowest BCUT2D eigenvalue weighted by Crippen LogP contribution is -2.51. The summed E-state index contributed by atoms with van der Waals surface area (Å²) in [7, 11) is 1.75. The van der Waals surface area contributed by atoms with Gasteiger partial charge in [0.25, 0.3) is 5.91 Å². The van der Waals surface area contributed by atoms with Crippen molar-refractivity contribution in [1.82, 2.24) is 15.5 Å². The van der Waals surface area contributed by atoms with Crippen molar-refractivity contribution in [1.29, 1.82) is 0 Å². The van der Waals surface area contributed by atoms with Crippen molar-refractivity contribution < 1.29 is 18.3 Å². The van der Waals surface area contributed by atoms with Crippen LogP contribution in [0, 0.1) is 12.7 Å². The van der Waals surface area contributed by atoms with Gasteiger partial charge in [-0.25, -0.2) is 4.39 Å². The van der Waals surface area contributed by atoms with Crippen LogP contribution in [0.1, 0.15) is 41.1 Å². The van der Waals surface area contributed by atoms with Gasteiger partial charge in [-0.1, -0.05) is 12.1 Å². The van der Waals surface area contributed by atoms with Crippen LogP contribution in [-0.2, 0) is 4.74 Å². The van der Waals surface area contributed by atoms with Crippen LogP contribution in [0.3, 0.4) is 0 Å². The second-order valence-electron chi connectivity index (χ2n) is 7.41. The standard InChI is InChI=1S/C22H29FN4O3.HI/c1-15-9-12-29-20(15)21(28)25-10-4-11-26-22(24-3)27-13-16(2)30-19(14-27)17-5-7-18(23)8-6-17;/h5-9,12,16,19H,4,10-11,13-14H2,1-3H3,(H,24,26)(H,25,28);1H. The van der Waals surface area contributed by atoms with Gasteiger partial charge in [-0.3, -0.25) is 9.79 Å². The number of benzene rings is 1. The van der Waals surface area contributed by atoms with Gasteiger partial charge in [-0.2, -0.15) is 0 Å². The van der Waals surface area contributed by atoms with Crippen LogP contribution in [0.15, 0.2) is 46.0 Å². The van der Waals surface area contributed by atoms with E-state index in [0.29, 0.717) is 31.9 Å². The first kappa shape index (κ1) is 25.1. The summed E-state index contributed by atoms with van der Waals surface area (Å²) in [5, 5.41) is 6.21. The number of guanidine groups is 1. The molecule has 0 bridgehead atoms. The molecule has 2 atom stereocenters. The molecule has 2 heterocycles. The quantitative estimate of drug-likeness (QED) is 0.252. The van der Waals surface area contributed by atoms with E-state index in [1.54, 1.807) is 25.2 Å². The third-order valence-corrected chi connectivity index (χ3v) is 5.00. The molecule has 2 aromatic rings. The Morgan fingerprint density at radius 2 is 1.90 bits per heavy atom. The minimum absolute atomic E-state index is 0. The molecule has 1 fully saturated rings. The molecule has 9 heteroatoms. The van der Waals surface area contributed by atoms with Gasteiger partial charge in [0.05, 0.1) is 18.9 Å². The Hall–Kier alpha value is -2.14. The number of morpholine rings is 1. The maximum absolute atomic E-state index is 13.2. The fraction of sp³-hybridized carbons (Fsp3) is 0.455. The highest BCUT2D eigenvalue weighted by molar-refractivity contribution is 14.0. The first-order valence-corrected chi connectivity index (χ1v) is 10.2. The molecule has 3 rings (SSSR count). The van der Waals surface area contributed by atoms with Crippen molar-refractivity contribution in [2.24, 2.45) is 4.99 Å². The van der Waals surface area contributed by atoms with Crippen molar-refractivity contribution in [3.63, 3.8) is 0 Å². The maximum atomic E-state index is 13.2. The largest absolute Gasteiger partial charge is 0.459 e. The first-order chi connectivity index (χ1) is 14.5. The molecule has 2 unspecified atom stereocenters. The lowest BCUT2D eigenvalue weighted by atomic mass is 10.1. The summed E-state index contributed by atoms with van der Waals surface area (Å²) in [6.07, 6.45) is 2.12. The fourth-order valence-electron chi connectivity index (χ4n) is 3.49. The van der Waals surface area contributed by atoms with Crippen LogP contribution in [0.5, 0.6) is 0 Å². The van der Waals surface area contributed by atoms with Gasteiger partial charge >= 0.3 is 0 Å². The molecule has 1 aromatic heterocycles. The lowest BCUT2D eigenvalue weighted by Gasteiger charge is -2.38. The van der Waals surface area contributed by atoms with Gasteiger partial charge in [0, 0.05) is 32.2 Å². The van der Waals surface area contributed by atoms with Gasteiger partial charge in [0.15, 0.2) is 11.7 Å². The number of rotatable bonds is 6. The van der Waals surface area contributed by atoms with Gasteiger partial charge in [-0.15, -0.1) is 24.0 Å². The Kier molecular flexibility index (Phi) is 9.76. The molecule has 1 saturated heterocycles. The predicted octanol–water partition coefficient (Wildman–Crippen LogP) is 3.50. The Morgan fingerprint density at radius 3 is 2.55 bits per heavy atom. The Balaban J connectivity index is 0.00000341. The third-order valence-electron chi connectivity index (χ3n) is 5.00. The number of nitrogens with one attached hydrogen (secondary N) is 2. The number of hydrogen-bond donors (Lipinski definition) is 2. The first-order valence-electron chi connectivity index (χ1n) is 10.2. The molecule has 31 heavy (non-hydrogen) atoms. The number of halogens is 2. The Morgan fingerprint density at radius 1 is 1.19 bits per heavy atom. The summed E-state index contributed by atoms with van der Waals surface area (Å²) < 4.78 is 24.5. The van der Waals surface area contributed by atoms with Crippen LogP contribution < -0.4 is 10.6 Å². The zero-order valence-electron chi connectivity index (χ0n) is 18.1. The minimum Gasteiger partial charge on any atom is -0.459 e. The normalized spacial score (nSPS) is 19.0. The van der Waals surface area contributed by atoms with Gasteiger partial charge in [0.1, 0.15) is 11.9 Å². The lowest BCUT2D eigenvalue weighted by molar-refractivity contribution is -0.0605. The summed E-state index contributed by atoms with van der Waals surface area (Å²) >= 11 is 0. The van der Waals surface area contributed by atoms with E-state index < -0.39 is 0 Å². The number of amides is 1. The highest BCUT2D eigenvalue weighted by Crippen LogP contribution is 2.25. The number of aliphatic imine (C=N–C) groups is 1. The maximum Gasteiger partial charge on any atom is 0.287 e. The van der Waals surface area contributed by atoms with Crippen LogP contribution in [-0.4, -0.2) is 56.1 Å². The zero-order chi connectivity index (χ0) is 21.5. The summed E-state index contributed by atoms with van der Waals surface area (Å²) in [5.41, 5.74) is 1.77. The number of furan rings is 1. The number of carbonyl (C=O) groups is 1. The van der Waals surface area contributed by atoms with E-state index in [-0.39, 0.29) is 47.9 Å². The highest BCUT2D eigenvalue weighted by atomic mass is 127. The molecule has 1 amide bonds. The Labute approximate surface area is 199 Å². The average Bonchev–Trinajstić information content (AvgIpc) is 3.16. The molecule has 0 aliphatic carbocycles. The molecule has 1 aliphatic heterocycles. The van der Waals surface area contributed by atoms with E-state index in [4.69, 9.17) is 9.15 Å². The van der Waals surface area contributed by atoms with Crippen molar-refractivity contribution in [3.05, 3.63) is 59.3 Å². The topological polar surface area (TPSA) is 79.1 Å². The second kappa shape index (κ2) is 12.0. The fourth-order valence-corrected chi connectivity index (χ4v) is 3.49. The zero-order valence-corrected chi connectivity index (χ0v) is 20.4. The van der Waals surface area contributed by atoms with Crippen LogP contribution in [0.25, 0.3) is 0 Å². The number of aryl methyl sites for hydroxylation is 1. The second-order valence-corrected chi connectivity index (χ2v) is 7.41. The number of hydrogen-bond acceptors (Lipinski definition) is 4. The van der Waals surface area contributed by atoms with E-state index in [9.17, 15) is 9.18 Å².